The van der Waals surface area contributed by atoms with Gasteiger partial charge < -0.3 is 15.2 Å². The summed E-state index contributed by atoms with van der Waals surface area (Å²) in [5.41, 5.74) is 0. The third-order valence-corrected chi connectivity index (χ3v) is 4.52. The number of β-amino-alcohol motifs (C(OH)–C–C–N with tert-alkyl or cyclic N) is 1. The third-order valence-electron chi connectivity index (χ3n) is 4.52. The smallest absolute Gasteiger partial charge is 0.234 e. The van der Waals surface area contributed by atoms with Gasteiger partial charge in [0.05, 0.1) is 6.54 Å². The van der Waals surface area contributed by atoms with Crippen molar-refractivity contribution in [3.05, 3.63) is 30.3 Å². The average molecular weight is 304 g/mol. The molecular weight excluding hydrogens is 280 g/mol. The molecule has 1 aromatic carbocycles. The maximum Gasteiger partial charge on any atom is 0.234 e. The molecule has 3 unspecified atom stereocenters. The largest absolute Gasteiger partial charge is 0.491 e. The van der Waals surface area contributed by atoms with Crippen LogP contribution >= 0.6 is 0 Å². The van der Waals surface area contributed by atoms with Crippen molar-refractivity contribution in [1.82, 2.24) is 10.2 Å². The Hall–Kier alpha value is -1.59. The van der Waals surface area contributed by atoms with Gasteiger partial charge in [-0.2, -0.15) is 0 Å². The molecule has 5 nitrogen and oxygen atoms in total. The Labute approximate surface area is 131 Å². The molecule has 1 aliphatic carbocycles. The highest BCUT2D eigenvalue weighted by Gasteiger charge is 2.36. The van der Waals surface area contributed by atoms with E-state index in [0.29, 0.717) is 19.1 Å². The lowest BCUT2D eigenvalue weighted by Gasteiger charge is -2.44. The van der Waals surface area contributed by atoms with Gasteiger partial charge in [-0.1, -0.05) is 31.0 Å². The maximum absolute atomic E-state index is 11.8. The second-order valence-electron chi connectivity index (χ2n) is 6.23. The molecule has 2 aliphatic rings. The van der Waals surface area contributed by atoms with Gasteiger partial charge in [0.15, 0.2) is 0 Å². The maximum atomic E-state index is 11.8. The highest BCUT2D eigenvalue weighted by molar-refractivity contribution is 5.79. The Bertz CT molecular complexity index is 494. The monoisotopic (exact) mass is 304 g/mol. The van der Waals surface area contributed by atoms with Gasteiger partial charge >= 0.3 is 0 Å². The van der Waals surface area contributed by atoms with Gasteiger partial charge in [0.1, 0.15) is 18.5 Å². The van der Waals surface area contributed by atoms with Gasteiger partial charge in [0, 0.05) is 18.6 Å². The summed E-state index contributed by atoms with van der Waals surface area (Å²) in [6, 6.07) is 10.1. The molecule has 1 amide bonds. The van der Waals surface area contributed by atoms with Gasteiger partial charge in [-0.15, -0.1) is 0 Å². The van der Waals surface area contributed by atoms with Crippen LogP contribution in [0.15, 0.2) is 30.3 Å². The summed E-state index contributed by atoms with van der Waals surface area (Å²) >= 11 is 0. The second-order valence-corrected chi connectivity index (χ2v) is 6.23. The number of para-hydroxylation sites is 1. The molecule has 1 heterocycles. The number of nitrogens with one attached hydrogen (secondary N) is 1. The lowest BCUT2D eigenvalue weighted by atomic mass is 9.87. The number of nitrogens with zero attached hydrogens (tertiary/aromatic N) is 1. The number of aliphatic hydroxyl groups excluding tert-OH is 1. The molecule has 1 saturated carbocycles. The van der Waals surface area contributed by atoms with E-state index in [1.807, 2.05) is 30.3 Å². The number of ether oxygens (including phenoxy) is 1. The van der Waals surface area contributed by atoms with Crippen LogP contribution in [0.3, 0.4) is 0 Å². The minimum atomic E-state index is -0.589. The molecule has 120 valence electrons. The van der Waals surface area contributed by atoms with Crippen molar-refractivity contribution in [2.75, 3.05) is 19.7 Å². The SMILES string of the molecule is O=C1CN(CC(O)COc2ccccc2)C2CCCCC2N1. The van der Waals surface area contributed by atoms with Crippen molar-refractivity contribution in [3.63, 3.8) is 0 Å². The Morgan fingerprint density at radius 3 is 2.86 bits per heavy atom. The lowest BCUT2D eigenvalue weighted by Crippen LogP contribution is -2.62. The minimum Gasteiger partial charge on any atom is -0.491 e. The van der Waals surface area contributed by atoms with Crippen LogP contribution in [0, 0.1) is 0 Å². The summed E-state index contributed by atoms with van der Waals surface area (Å²) in [6.07, 6.45) is 3.92. The zero-order chi connectivity index (χ0) is 15.4. The van der Waals surface area contributed by atoms with E-state index in [2.05, 4.69) is 10.2 Å². The third kappa shape index (κ3) is 3.78. The standard InChI is InChI=1S/C17H24N2O3/c20-13(12-22-14-6-2-1-3-7-14)10-19-11-17(21)18-15-8-4-5-9-16(15)19/h1-3,6-7,13,15-16,20H,4-5,8-12H2,(H,18,21). The van der Waals surface area contributed by atoms with Crippen LogP contribution in [0.25, 0.3) is 0 Å². The highest BCUT2D eigenvalue weighted by Crippen LogP contribution is 2.25. The molecule has 0 bridgehead atoms. The van der Waals surface area contributed by atoms with Crippen LogP contribution in [0.4, 0.5) is 0 Å². The number of hydrogen-bond acceptors (Lipinski definition) is 4. The van der Waals surface area contributed by atoms with Crippen LogP contribution in [0.2, 0.25) is 0 Å². The second kappa shape index (κ2) is 7.11. The van der Waals surface area contributed by atoms with E-state index in [4.69, 9.17) is 4.74 Å². The topological polar surface area (TPSA) is 61.8 Å². The number of carbonyl (C=O) groups excluding carboxylic acids is 1. The van der Waals surface area contributed by atoms with Crippen molar-refractivity contribution in [2.24, 2.45) is 0 Å². The van der Waals surface area contributed by atoms with Crippen molar-refractivity contribution >= 4 is 5.91 Å². The van der Waals surface area contributed by atoms with E-state index in [-0.39, 0.29) is 18.6 Å². The number of benzene rings is 1. The lowest BCUT2D eigenvalue weighted by molar-refractivity contribution is -0.129. The van der Waals surface area contributed by atoms with E-state index in [0.717, 1.165) is 18.6 Å². The first kappa shape index (κ1) is 15.3. The first-order chi connectivity index (χ1) is 10.7. The Balaban J connectivity index is 1.53. The van der Waals surface area contributed by atoms with Crippen molar-refractivity contribution < 1.29 is 14.6 Å². The van der Waals surface area contributed by atoms with Gasteiger partial charge in [0.2, 0.25) is 5.91 Å². The van der Waals surface area contributed by atoms with E-state index in [1.54, 1.807) is 0 Å². The molecule has 0 aromatic heterocycles. The summed E-state index contributed by atoms with van der Waals surface area (Å²) in [5.74, 6) is 0.827. The van der Waals surface area contributed by atoms with Crippen LogP contribution in [0.1, 0.15) is 25.7 Å². The molecular formula is C17H24N2O3. The summed E-state index contributed by atoms with van der Waals surface area (Å²) < 4.78 is 5.59. The highest BCUT2D eigenvalue weighted by atomic mass is 16.5. The molecule has 1 saturated heterocycles. The molecule has 5 heteroatoms. The average Bonchev–Trinajstić information content (AvgIpc) is 2.54. The number of aliphatic hydroxyl groups is 1. The molecule has 1 aliphatic heterocycles. The van der Waals surface area contributed by atoms with Gasteiger partial charge in [-0.25, -0.2) is 0 Å². The fraction of sp³-hybridized carbons (Fsp3) is 0.588. The fourth-order valence-electron chi connectivity index (χ4n) is 3.50. The normalized spacial score (nSPS) is 26.9. The molecule has 2 N–H and O–H groups in total. The number of hydrogen-bond donors (Lipinski definition) is 2. The molecule has 0 spiro atoms. The fourth-order valence-corrected chi connectivity index (χ4v) is 3.50. The van der Waals surface area contributed by atoms with Crippen LogP contribution in [0.5, 0.6) is 5.75 Å². The number of amides is 1. The van der Waals surface area contributed by atoms with Crippen molar-refractivity contribution in [3.8, 4) is 5.75 Å². The molecule has 0 radical (unpaired) electrons. The van der Waals surface area contributed by atoms with Gasteiger partial charge in [-0.05, 0) is 25.0 Å². The quantitative estimate of drug-likeness (QED) is 0.857. The van der Waals surface area contributed by atoms with E-state index < -0.39 is 6.10 Å². The summed E-state index contributed by atoms with van der Waals surface area (Å²) in [7, 11) is 0. The van der Waals surface area contributed by atoms with Crippen LogP contribution < -0.4 is 10.1 Å². The van der Waals surface area contributed by atoms with Crippen molar-refractivity contribution in [1.29, 1.82) is 0 Å². The van der Waals surface area contributed by atoms with Gasteiger partial charge in [-0.3, -0.25) is 9.69 Å². The molecule has 3 rings (SSSR count). The predicted molar refractivity (Wildman–Crippen MR) is 83.7 cm³/mol. The summed E-state index contributed by atoms with van der Waals surface area (Å²) in [4.78, 5) is 14.0. The molecule has 22 heavy (non-hydrogen) atoms. The number of rotatable bonds is 5. The van der Waals surface area contributed by atoms with Crippen molar-refractivity contribution in [2.45, 2.75) is 43.9 Å². The Morgan fingerprint density at radius 1 is 1.27 bits per heavy atom. The number of carbonyl (C=O) groups is 1. The van der Waals surface area contributed by atoms with Crippen LogP contribution in [-0.2, 0) is 4.79 Å². The molecule has 1 aromatic rings. The first-order valence-electron chi connectivity index (χ1n) is 8.12. The zero-order valence-electron chi connectivity index (χ0n) is 12.8. The Morgan fingerprint density at radius 2 is 2.05 bits per heavy atom. The zero-order valence-corrected chi connectivity index (χ0v) is 12.8. The summed E-state index contributed by atoms with van der Waals surface area (Å²) in [5, 5.41) is 13.3. The van der Waals surface area contributed by atoms with E-state index in [1.165, 1.54) is 12.8 Å². The predicted octanol–water partition coefficient (Wildman–Crippen LogP) is 1.17. The summed E-state index contributed by atoms with van der Waals surface area (Å²) in [6.45, 7) is 1.12. The van der Waals surface area contributed by atoms with E-state index in [9.17, 15) is 9.90 Å². The number of fused-ring (bicyclic) bond motifs is 1. The molecule has 3 atom stereocenters. The minimum absolute atomic E-state index is 0.0688. The van der Waals surface area contributed by atoms with Crippen LogP contribution in [-0.4, -0.2) is 53.8 Å². The number of piperazine rings is 1. The van der Waals surface area contributed by atoms with Gasteiger partial charge in [0.25, 0.3) is 0 Å². The van der Waals surface area contributed by atoms with E-state index >= 15 is 0 Å². The molecule has 2 fully saturated rings. The first-order valence-corrected chi connectivity index (χ1v) is 8.12. The Kier molecular flexibility index (Phi) is 4.95.